The highest BCUT2D eigenvalue weighted by Gasteiger charge is 2.31. The summed E-state index contributed by atoms with van der Waals surface area (Å²) in [6, 6.07) is 3.13. The van der Waals surface area contributed by atoms with E-state index >= 15 is 0 Å². The molecule has 1 aromatic heterocycles. The first-order valence-electron chi connectivity index (χ1n) is 10.6. The first kappa shape index (κ1) is 22.9. The van der Waals surface area contributed by atoms with Crippen molar-refractivity contribution in [3.8, 4) is 11.8 Å². The van der Waals surface area contributed by atoms with E-state index in [-0.39, 0.29) is 6.10 Å². The minimum Gasteiger partial charge on any atom is -0.365 e. The third-order valence-corrected chi connectivity index (χ3v) is 5.80. The van der Waals surface area contributed by atoms with Gasteiger partial charge in [-0.25, -0.2) is 4.98 Å². The first-order valence-corrected chi connectivity index (χ1v) is 10.6. The third kappa shape index (κ3) is 6.59. The van der Waals surface area contributed by atoms with Gasteiger partial charge in [-0.05, 0) is 38.8 Å². The van der Waals surface area contributed by atoms with E-state index in [1.807, 2.05) is 4.90 Å². The van der Waals surface area contributed by atoms with Crippen molar-refractivity contribution in [2.75, 3.05) is 57.3 Å². The molecule has 0 bridgehead atoms. The summed E-state index contributed by atoms with van der Waals surface area (Å²) in [7, 11) is 0. The predicted molar refractivity (Wildman–Crippen MR) is 111 cm³/mol. The Morgan fingerprint density at radius 3 is 2.33 bits per heavy atom. The Kier molecular flexibility index (Phi) is 7.98. The lowest BCUT2D eigenvalue weighted by Gasteiger charge is -2.36. The zero-order valence-corrected chi connectivity index (χ0v) is 17.8. The van der Waals surface area contributed by atoms with Gasteiger partial charge in [0, 0.05) is 51.5 Å². The van der Waals surface area contributed by atoms with Gasteiger partial charge in [-0.2, -0.15) is 13.2 Å². The fraction of sp³-hybridized carbons (Fsp3) is 0.682. The van der Waals surface area contributed by atoms with E-state index in [1.54, 1.807) is 0 Å². The van der Waals surface area contributed by atoms with Crippen molar-refractivity contribution >= 4 is 5.82 Å². The van der Waals surface area contributed by atoms with Crippen molar-refractivity contribution in [1.82, 2.24) is 14.8 Å². The second-order valence-corrected chi connectivity index (χ2v) is 8.16. The van der Waals surface area contributed by atoms with Crippen LogP contribution < -0.4 is 4.90 Å². The van der Waals surface area contributed by atoms with Gasteiger partial charge in [-0.15, -0.1) is 0 Å². The number of pyridine rings is 1. The summed E-state index contributed by atoms with van der Waals surface area (Å²) in [5.41, 5.74) is -0.718. The van der Waals surface area contributed by atoms with Crippen molar-refractivity contribution in [3.63, 3.8) is 0 Å². The van der Waals surface area contributed by atoms with E-state index in [2.05, 4.69) is 40.5 Å². The molecule has 1 aromatic rings. The SMILES string of the molecule is CC(C)N1CCN(CC#CCOC2CCN(c3ccc(C(F)(F)F)cn3)CC2)CC1. The highest BCUT2D eigenvalue weighted by Crippen LogP contribution is 2.29. The lowest BCUT2D eigenvalue weighted by molar-refractivity contribution is -0.137. The maximum atomic E-state index is 12.7. The summed E-state index contributed by atoms with van der Waals surface area (Å²) in [4.78, 5) is 10.8. The van der Waals surface area contributed by atoms with Crippen LogP contribution in [0.15, 0.2) is 18.3 Å². The molecule has 0 amide bonds. The largest absolute Gasteiger partial charge is 0.417 e. The van der Waals surface area contributed by atoms with E-state index in [0.29, 0.717) is 18.5 Å². The third-order valence-electron chi connectivity index (χ3n) is 5.80. The van der Waals surface area contributed by atoms with Gasteiger partial charge in [-0.1, -0.05) is 11.8 Å². The number of hydrogen-bond acceptors (Lipinski definition) is 5. The minimum atomic E-state index is -4.35. The van der Waals surface area contributed by atoms with Crippen LogP contribution in [0.3, 0.4) is 0 Å². The van der Waals surface area contributed by atoms with Crippen molar-refractivity contribution in [2.45, 2.75) is 45.0 Å². The number of aromatic nitrogens is 1. The monoisotopic (exact) mass is 424 g/mol. The summed E-state index contributed by atoms with van der Waals surface area (Å²) in [5.74, 6) is 6.91. The fourth-order valence-electron chi connectivity index (χ4n) is 3.81. The quantitative estimate of drug-likeness (QED) is 0.678. The maximum absolute atomic E-state index is 12.7. The predicted octanol–water partition coefficient (Wildman–Crippen LogP) is 3.12. The van der Waals surface area contributed by atoms with Crippen molar-refractivity contribution in [2.24, 2.45) is 0 Å². The molecule has 0 saturated carbocycles. The van der Waals surface area contributed by atoms with Gasteiger partial charge in [0.1, 0.15) is 12.4 Å². The smallest absolute Gasteiger partial charge is 0.365 e. The van der Waals surface area contributed by atoms with Crippen molar-refractivity contribution in [3.05, 3.63) is 23.9 Å². The number of piperazine rings is 1. The summed E-state index contributed by atoms with van der Waals surface area (Å²) < 4.78 is 43.8. The van der Waals surface area contributed by atoms with Crippen LogP contribution in [0.2, 0.25) is 0 Å². The van der Waals surface area contributed by atoms with Crippen LogP contribution >= 0.6 is 0 Å². The number of rotatable bonds is 5. The summed E-state index contributed by atoms with van der Waals surface area (Å²) in [5, 5.41) is 0. The van der Waals surface area contributed by atoms with Crippen LogP contribution in [0.25, 0.3) is 0 Å². The van der Waals surface area contributed by atoms with Gasteiger partial charge in [0.2, 0.25) is 0 Å². The second kappa shape index (κ2) is 10.5. The van der Waals surface area contributed by atoms with Gasteiger partial charge >= 0.3 is 6.18 Å². The fourth-order valence-corrected chi connectivity index (χ4v) is 3.81. The molecule has 8 heteroatoms. The lowest BCUT2D eigenvalue weighted by atomic mass is 10.1. The molecule has 2 fully saturated rings. The van der Waals surface area contributed by atoms with Crippen LogP contribution in [0.4, 0.5) is 19.0 Å². The summed E-state index contributed by atoms with van der Waals surface area (Å²) >= 11 is 0. The summed E-state index contributed by atoms with van der Waals surface area (Å²) in [6.07, 6.45) is -1.67. The second-order valence-electron chi connectivity index (χ2n) is 8.16. The normalized spacial score (nSPS) is 19.7. The molecular formula is C22H31F3N4O. The van der Waals surface area contributed by atoms with E-state index in [4.69, 9.17) is 4.74 Å². The molecule has 0 spiro atoms. The molecule has 30 heavy (non-hydrogen) atoms. The van der Waals surface area contributed by atoms with E-state index in [1.165, 1.54) is 6.07 Å². The van der Waals surface area contributed by atoms with Gasteiger partial charge < -0.3 is 9.64 Å². The highest BCUT2D eigenvalue weighted by atomic mass is 19.4. The molecule has 2 saturated heterocycles. The number of nitrogens with zero attached hydrogens (tertiary/aromatic N) is 4. The molecule has 0 unspecified atom stereocenters. The Morgan fingerprint density at radius 2 is 1.77 bits per heavy atom. The molecule has 166 valence electrons. The van der Waals surface area contributed by atoms with Crippen LogP contribution in [0.5, 0.6) is 0 Å². The Morgan fingerprint density at radius 1 is 1.07 bits per heavy atom. The topological polar surface area (TPSA) is 31.8 Å². The Labute approximate surface area is 177 Å². The molecule has 3 heterocycles. The van der Waals surface area contributed by atoms with Gasteiger partial charge in [0.15, 0.2) is 0 Å². The number of piperidine rings is 1. The molecule has 2 aliphatic heterocycles. The lowest BCUT2D eigenvalue weighted by Crippen LogP contribution is -2.48. The molecule has 0 aromatic carbocycles. The average Bonchev–Trinajstić information content (AvgIpc) is 2.74. The standard InChI is InChI=1S/C22H31F3N4O/c1-18(2)28-14-12-27(13-15-28)9-3-4-16-30-20-7-10-29(11-8-20)21-6-5-19(17-26-21)22(23,24)25/h5-6,17-18,20H,7-16H2,1-2H3. The molecule has 0 aliphatic carbocycles. The van der Waals surface area contributed by atoms with Crippen molar-refractivity contribution in [1.29, 1.82) is 0 Å². The number of ether oxygens (including phenoxy) is 1. The Bertz CT molecular complexity index is 711. The number of hydrogen-bond donors (Lipinski definition) is 0. The van der Waals surface area contributed by atoms with Crippen LogP contribution in [-0.2, 0) is 10.9 Å². The minimum absolute atomic E-state index is 0.139. The highest BCUT2D eigenvalue weighted by molar-refractivity contribution is 5.40. The summed E-state index contributed by atoms with van der Waals surface area (Å²) in [6.45, 7) is 11.4. The van der Waals surface area contributed by atoms with Gasteiger partial charge in [0.05, 0.1) is 18.2 Å². The molecule has 0 atom stereocenters. The molecule has 2 aliphatic rings. The van der Waals surface area contributed by atoms with Crippen LogP contribution in [-0.4, -0.2) is 79.3 Å². The molecule has 0 N–H and O–H groups in total. The Hall–Kier alpha value is -1.82. The van der Waals surface area contributed by atoms with E-state index in [9.17, 15) is 13.2 Å². The van der Waals surface area contributed by atoms with Crippen LogP contribution in [0.1, 0.15) is 32.3 Å². The van der Waals surface area contributed by atoms with E-state index < -0.39 is 11.7 Å². The number of halogens is 3. The van der Waals surface area contributed by atoms with Gasteiger partial charge in [0.25, 0.3) is 0 Å². The van der Waals surface area contributed by atoms with Crippen LogP contribution in [0, 0.1) is 11.8 Å². The molecular weight excluding hydrogens is 393 g/mol. The molecule has 5 nitrogen and oxygen atoms in total. The molecule has 0 radical (unpaired) electrons. The Balaban J connectivity index is 1.33. The average molecular weight is 425 g/mol. The number of alkyl halides is 3. The zero-order chi connectivity index (χ0) is 21.6. The number of anilines is 1. The van der Waals surface area contributed by atoms with Crippen molar-refractivity contribution < 1.29 is 17.9 Å². The molecule has 3 rings (SSSR count). The zero-order valence-electron chi connectivity index (χ0n) is 17.8. The maximum Gasteiger partial charge on any atom is 0.417 e. The van der Waals surface area contributed by atoms with E-state index in [0.717, 1.165) is 70.9 Å². The first-order chi connectivity index (χ1) is 14.3. The van der Waals surface area contributed by atoms with Gasteiger partial charge in [-0.3, -0.25) is 9.80 Å².